The topological polar surface area (TPSA) is 47.6 Å². The molecule has 0 bridgehead atoms. The number of hydrogen-bond donors (Lipinski definition) is 1. The summed E-state index contributed by atoms with van der Waals surface area (Å²) in [6.07, 6.45) is 0.925. The Morgan fingerprint density at radius 2 is 2.08 bits per heavy atom. The average Bonchev–Trinajstić information content (AvgIpc) is 2.60. The molecule has 1 N–H and O–H groups in total. The van der Waals surface area contributed by atoms with Crippen LogP contribution in [0.25, 0.3) is 0 Å². The summed E-state index contributed by atoms with van der Waals surface area (Å²) in [6.45, 7) is 5.25. The second kappa shape index (κ2) is 7.39. The van der Waals surface area contributed by atoms with Crippen molar-refractivity contribution < 1.29 is 14.3 Å². The third kappa shape index (κ3) is 4.07. The maximum atomic E-state index is 12.0. The molecule has 0 saturated carbocycles. The van der Waals surface area contributed by atoms with E-state index < -0.39 is 0 Å². The van der Waals surface area contributed by atoms with Crippen LogP contribution >= 0.6 is 0 Å². The van der Waals surface area contributed by atoms with Crippen molar-refractivity contribution in [2.75, 3.05) is 19.8 Å². The molecule has 0 aliphatic carbocycles. The van der Waals surface area contributed by atoms with E-state index in [1.54, 1.807) is 0 Å². The number of carbonyl (C=O) groups is 1. The van der Waals surface area contributed by atoms with E-state index >= 15 is 0 Å². The van der Waals surface area contributed by atoms with E-state index in [4.69, 9.17) is 9.47 Å². The first-order valence-corrected chi connectivity index (χ1v) is 8.29. The van der Waals surface area contributed by atoms with E-state index in [1.807, 2.05) is 50.2 Å². The minimum atomic E-state index is -0.102. The zero-order valence-corrected chi connectivity index (χ0v) is 14.2. The molecule has 4 heteroatoms. The molecule has 24 heavy (non-hydrogen) atoms. The Morgan fingerprint density at radius 3 is 2.96 bits per heavy atom. The van der Waals surface area contributed by atoms with Gasteiger partial charge in [0, 0.05) is 12.5 Å². The Labute approximate surface area is 142 Å². The van der Waals surface area contributed by atoms with Crippen molar-refractivity contribution in [2.24, 2.45) is 5.92 Å². The van der Waals surface area contributed by atoms with Gasteiger partial charge in [-0.05, 0) is 49.1 Å². The fourth-order valence-corrected chi connectivity index (χ4v) is 2.84. The minimum absolute atomic E-state index is 0.0362. The minimum Gasteiger partial charge on any atom is -0.493 e. The van der Waals surface area contributed by atoms with Crippen molar-refractivity contribution in [3.05, 3.63) is 59.2 Å². The predicted octanol–water partition coefficient (Wildman–Crippen LogP) is 3.05. The molecule has 2 aromatic carbocycles. The maximum absolute atomic E-state index is 12.0. The maximum Gasteiger partial charge on any atom is 0.257 e. The molecule has 3 rings (SSSR count). The smallest absolute Gasteiger partial charge is 0.257 e. The van der Waals surface area contributed by atoms with Gasteiger partial charge >= 0.3 is 0 Å². The van der Waals surface area contributed by atoms with Crippen molar-refractivity contribution in [2.45, 2.75) is 20.3 Å². The second-order valence-corrected chi connectivity index (χ2v) is 6.35. The van der Waals surface area contributed by atoms with Crippen molar-refractivity contribution in [3.63, 3.8) is 0 Å². The molecule has 1 aliphatic rings. The lowest BCUT2D eigenvalue weighted by atomic mass is 9.97. The lowest BCUT2D eigenvalue weighted by Gasteiger charge is -2.25. The van der Waals surface area contributed by atoms with Crippen LogP contribution in [0.1, 0.15) is 16.7 Å². The molecule has 1 atom stereocenters. The van der Waals surface area contributed by atoms with Gasteiger partial charge in [-0.3, -0.25) is 4.79 Å². The molecular formula is C20H23NO3. The fraction of sp³-hybridized carbons (Fsp3) is 0.350. The number of amides is 1. The van der Waals surface area contributed by atoms with Gasteiger partial charge in [0.15, 0.2) is 6.61 Å². The van der Waals surface area contributed by atoms with E-state index in [0.717, 1.165) is 29.0 Å². The van der Waals surface area contributed by atoms with Crippen LogP contribution in [0.4, 0.5) is 0 Å². The molecule has 1 amide bonds. The van der Waals surface area contributed by atoms with Crippen LogP contribution in [0.15, 0.2) is 42.5 Å². The summed E-state index contributed by atoms with van der Waals surface area (Å²) in [5, 5.41) is 2.94. The molecule has 0 saturated heterocycles. The van der Waals surface area contributed by atoms with Crippen LogP contribution in [0.5, 0.6) is 11.5 Å². The summed E-state index contributed by atoms with van der Waals surface area (Å²) in [5.41, 5.74) is 3.36. The number of nitrogens with one attached hydrogen (secondary N) is 1. The SMILES string of the molecule is Cc1ccc(C)c(OCC(=O)NCC2COc3ccccc3C2)c1. The molecule has 0 radical (unpaired) electrons. The first-order valence-electron chi connectivity index (χ1n) is 8.29. The van der Waals surface area contributed by atoms with Crippen molar-refractivity contribution in [1.82, 2.24) is 5.32 Å². The highest BCUT2D eigenvalue weighted by Gasteiger charge is 2.20. The third-order valence-corrected chi connectivity index (χ3v) is 4.25. The first-order chi connectivity index (χ1) is 11.6. The van der Waals surface area contributed by atoms with E-state index in [-0.39, 0.29) is 12.5 Å². The fourth-order valence-electron chi connectivity index (χ4n) is 2.84. The summed E-state index contributed by atoms with van der Waals surface area (Å²) in [6, 6.07) is 14.0. The summed E-state index contributed by atoms with van der Waals surface area (Å²) in [7, 11) is 0. The number of benzene rings is 2. The van der Waals surface area contributed by atoms with Crippen molar-refractivity contribution >= 4 is 5.91 Å². The molecule has 2 aromatic rings. The van der Waals surface area contributed by atoms with Gasteiger partial charge in [-0.2, -0.15) is 0 Å². The van der Waals surface area contributed by atoms with E-state index in [2.05, 4.69) is 11.4 Å². The molecule has 1 unspecified atom stereocenters. The quantitative estimate of drug-likeness (QED) is 0.919. The summed E-state index contributed by atoms with van der Waals surface area (Å²) >= 11 is 0. The van der Waals surface area contributed by atoms with Crippen molar-refractivity contribution in [1.29, 1.82) is 0 Å². The second-order valence-electron chi connectivity index (χ2n) is 6.35. The summed E-state index contributed by atoms with van der Waals surface area (Å²) in [5.74, 6) is 1.91. The number of rotatable bonds is 5. The van der Waals surface area contributed by atoms with Gasteiger partial charge in [0.1, 0.15) is 11.5 Å². The Bertz CT molecular complexity index is 727. The molecule has 0 fully saturated rings. The van der Waals surface area contributed by atoms with Gasteiger partial charge in [-0.1, -0.05) is 30.3 Å². The number of carbonyl (C=O) groups excluding carboxylic acids is 1. The van der Waals surface area contributed by atoms with Crippen LogP contribution < -0.4 is 14.8 Å². The lowest BCUT2D eigenvalue weighted by molar-refractivity contribution is -0.123. The summed E-state index contributed by atoms with van der Waals surface area (Å²) in [4.78, 5) is 12.0. The van der Waals surface area contributed by atoms with Crippen LogP contribution in [0, 0.1) is 19.8 Å². The number of aryl methyl sites for hydroxylation is 2. The first kappa shape index (κ1) is 16.4. The van der Waals surface area contributed by atoms with Crippen molar-refractivity contribution in [3.8, 4) is 11.5 Å². The molecule has 126 valence electrons. The molecule has 0 aromatic heterocycles. The molecule has 4 nitrogen and oxygen atoms in total. The van der Waals surface area contributed by atoms with Crippen LogP contribution in [-0.2, 0) is 11.2 Å². The Hall–Kier alpha value is -2.49. The average molecular weight is 325 g/mol. The molecule has 1 heterocycles. The monoisotopic (exact) mass is 325 g/mol. The normalized spacial score (nSPS) is 16.0. The lowest BCUT2D eigenvalue weighted by Crippen LogP contribution is -2.37. The van der Waals surface area contributed by atoms with Gasteiger partial charge in [0.05, 0.1) is 6.61 Å². The van der Waals surface area contributed by atoms with E-state index in [9.17, 15) is 4.79 Å². The van der Waals surface area contributed by atoms with Gasteiger partial charge in [-0.15, -0.1) is 0 Å². The molecular weight excluding hydrogens is 302 g/mol. The standard InChI is InChI=1S/C20H23NO3/c1-14-7-8-15(2)19(9-14)24-13-20(22)21-11-16-10-17-5-3-4-6-18(17)23-12-16/h3-9,16H,10-13H2,1-2H3,(H,21,22). The zero-order chi connectivity index (χ0) is 16.9. The number of para-hydroxylation sites is 1. The molecule has 0 spiro atoms. The highest BCUT2D eigenvalue weighted by Crippen LogP contribution is 2.26. The van der Waals surface area contributed by atoms with Gasteiger partial charge in [0.25, 0.3) is 5.91 Å². The van der Waals surface area contributed by atoms with E-state index in [1.165, 1.54) is 5.56 Å². The Balaban J connectivity index is 1.46. The number of ether oxygens (including phenoxy) is 2. The van der Waals surface area contributed by atoms with Gasteiger partial charge in [0.2, 0.25) is 0 Å². The Kier molecular flexibility index (Phi) is 5.04. The largest absolute Gasteiger partial charge is 0.493 e. The van der Waals surface area contributed by atoms with Crippen LogP contribution in [0.2, 0.25) is 0 Å². The summed E-state index contributed by atoms with van der Waals surface area (Å²) < 4.78 is 11.4. The number of hydrogen-bond acceptors (Lipinski definition) is 3. The molecule has 1 aliphatic heterocycles. The van der Waals surface area contributed by atoms with Gasteiger partial charge in [-0.25, -0.2) is 0 Å². The van der Waals surface area contributed by atoms with Crippen LogP contribution in [0.3, 0.4) is 0 Å². The highest BCUT2D eigenvalue weighted by molar-refractivity contribution is 5.77. The third-order valence-electron chi connectivity index (χ3n) is 4.25. The highest BCUT2D eigenvalue weighted by atomic mass is 16.5. The number of fused-ring (bicyclic) bond motifs is 1. The predicted molar refractivity (Wildman–Crippen MR) is 93.6 cm³/mol. The Morgan fingerprint density at radius 1 is 1.25 bits per heavy atom. The van der Waals surface area contributed by atoms with Gasteiger partial charge < -0.3 is 14.8 Å². The van der Waals surface area contributed by atoms with Crippen LogP contribution in [-0.4, -0.2) is 25.7 Å². The van der Waals surface area contributed by atoms with E-state index in [0.29, 0.717) is 19.1 Å². The zero-order valence-electron chi connectivity index (χ0n) is 14.2.